The van der Waals surface area contributed by atoms with Gasteiger partial charge in [-0.3, -0.25) is 0 Å². The van der Waals surface area contributed by atoms with Crippen molar-refractivity contribution in [2.24, 2.45) is 5.14 Å². The molecule has 1 aromatic heterocycles. The van der Waals surface area contributed by atoms with E-state index in [9.17, 15) is 8.42 Å². The number of rotatable bonds is 2. The van der Waals surface area contributed by atoms with Gasteiger partial charge in [-0.25, -0.2) is 23.5 Å². The van der Waals surface area contributed by atoms with Crippen molar-refractivity contribution in [1.82, 2.24) is 9.97 Å². The molecule has 2 rings (SSSR count). The molecule has 2 N–H and O–H groups in total. The van der Waals surface area contributed by atoms with E-state index in [2.05, 4.69) is 9.97 Å². The zero-order valence-electron chi connectivity index (χ0n) is 8.83. The number of nitrogens with zero attached hydrogens (tertiary/aromatic N) is 3. The van der Waals surface area contributed by atoms with Crippen molar-refractivity contribution >= 4 is 15.8 Å². The van der Waals surface area contributed by atoms with E-state index in [1.54, 1.807) is 0 Å². The van der Waals surface area contributed by atoms with Crippen LogP contribution in [-0.4, -0.2) is 31.5 Å². The van der Waals surface area contributed by atoms with Crippen molar-refractivity contribution in [2.75, 3.05) is 18.0 Å². The third-order valence-corrected chi connectivity index (χ3v) is 3.52. The number of hydrogen-bond acceptors (Lipinski definition) is 5. The van der Waals surface area contributed by atoms with E-state index >= 15 is 0 Å². The molecule has 1 fully saturated rings. The van der Waals surface area contributed by atoms with Gasteiger partial charge in [0.2, 0.25) is 10.0 Å². The number of primary sulfonamides is 1. The molecule has 0 radical (unpaired) electrons. The molecule has 1 aliphatic heterocycles. The first-order chi connectivity index (χ1) is 7.59. The molecular formula is C9H14N4O2S. The van der Waals surface area contributed by atoms with E-state index in [-0.39, 0.29) is 4.90 Å². The Labute approximate surface area is 94.6 Å². The maximum absolute atomic E-state index is 11.4. The molecule has 1 aromatic rings. The first-order valence-electron chi connectivity index (χ1n) is 5.17. The highest BCUT2D eigenvalue weighted by atomic mass is 32.2. The van der Waals surface area contributed by atoms with Crippen molar-refractivity contribution in [1.29, 1.82) is 0 Å². The smallest absolute Gasteiger partial charge is 0.243 e. The highest BCUT2D eigenvalue weighted by Gasteiger charge is 2.21. The van der Waals surface area contributed by atoms with Gasteiger partial charge in [0.25, 0.3) is 0 Å². The van der Waals surface area contributed by atoms with Crippen molar-refractivity contribution in [3.05, 3.63) is 12.5 Å². The van der Waals surface area contributed by atoms with Crippen LogP contribution < -0.4 is 10.0 Å². The van der Waals surface area contributed by atoms with Crippen molar-refractivity contribution in [3.8, 4) is 0 Å². The highest BCUT2D eigenvalue weighted by molar-refractivity contribution is 7.89. The van der Waals surface area contributed by atoms with Crippen LogP contribution in [0.4, 0.5) is 5.82 Å². The lowest BCUT2D eigenvalue weighted by molar-refractivity contribution is 0.565. The maximum Gasteiger partial charge on any atom is 0.243 e. The molecule has 0 aliphatic carbocycles. The van der Waals surface area contributed by atoms with Crippen molar-refractivity contribution < 1.29 is 8.42 Å². The Morgan fingerprint density at radius 3 is 2.56 bits per heavy atom. The van der Waals surface area contributed by atoms with Gasteiger partial charge in [-0.2, -0.15) is 0 Å². The zero-order valence-corrected chi connectivity index (χ0v) is 9.65. The molecule has 0 amide bonds. The minimum absolute atomic E-state index is 0.0110. The number of anilines is 1. The summed E-state index contributed by atoms with van der Waals surface area (Å²) in [6, 6.07) is 0. The molecule has 7 heteroatoms. The minimum Gasteiger partial charge on any atom is -0.355 e. The maximum atomic E-state index is 11.4. The quantitative estimate of drug-likeness (QED) is 0.795. The molecule has 0 spiro atoms. The summed E-state index contributed by atoms with van der Waals surface area (Å²) in [5.74, 6) is 0.428. The third kappa shape index (κ3) is 2.30. The fourth-order valence-electron chi connectivity index (χ4n) is 1.85. The lowest BCUT2D eigenvalue weighted by Crippen LogP contribution is -2.32. The van der Waals surface area contributed by atoms with Gasteiger partial charge in [0.05, 0.1) is 6.20 Å². The van der Waals surface area contributed by atoms with Crippen LogP contribution in [0.25, 0.3) is 0 Å². The molecule has 1 saturated heterocycles. The van der Waals surface area contributed by atoms with E-state index in [0.29, 0.717) is 5.82 Å². The number of piperidine rings is 1. The van der Waals surface area contributed by atoms with Crippen molar-refractivity contribution in [2.45, 2.75) is 24.2 Å². The Kier molecular flexibility index (Phi) is 3.06. The Hall–Kier alpha value is -1.21. The fourth-order valence-corrected chi connectivity index (χ4v) is 2.50. The molecule has 0 bridgehead atoms. The standard InChI is InChI=1S/C9H14N4O2S/c10-16(14,15)8-6-11-7-12-9(8)13-4-2-1-3-5-13/h6-7H,1-5H2,(H2,10,14,15). The number of hydrogen-bond donors (Lipinski definition) is 1. The number of sulfonamides is 1. The van der Waals surface area contributed by atoms with Crippen LogP contribution in [0.3, 0.4) is 0 Å². The second kappa shape index (κ2) is 4.34. The molecule has 88 valence electrons. The molecule has 0 aromatic carbocycles. The molecule has 0 atom stereocenters. The summed E-state index contributed by atoms with van der Waals surface area (Å²) in [6.07, 6.45) is 5.87. The van der Waals surface area contributed by atoms with Gasteiger partial charge < -0.3 is 4.90 Å². The summed E-state index contributed by atoms with van der Waals surface area (Å²) in [7, 11) is -3.75. The van der Waals surface area contributed by atoms with Crippen LogP contribution in [-0.2, 0) is 10.0 Å². The number of aromatic nitrogens is 2. The average molecular weight is 242 g/mol. The largest absolute Gasteiger partial charge is 0.355 e. The predicted molar refractivity (Wildman–Crippen MR) is 59.5 cm³/mol. The van der Waals surface area contributed by atoms with Crippen LogP contribution in [0.5, 0.6) is 0 Å². The molecule has 0 saturated carbocycles. The Bertz CT molecular complexity index is 468. The molecular weight excluding hydrogens is 228 g/mol. The molecule has 6 nitrogen and oxygen atoms in total. The Morgan fingerprint density at radius 2 is 1.94 bits per heavy atom. The van der Waals surface area contributed by atoms with Gasteiger partial charge in [-0.1, -0.05) is 0 Å². The third-order valence-electron chi connectivity index (χ3n) is 2.62. The van der Waals surface area contributed by atoms with Crippen LogP contribution >= 0.6 is 0 Å². The topological polar surface area (TPSA) is 89.2 Å². The van der Waals surface area contributed by atoms with Gasteiger partial charge in [-0.05, 0) is 19.3 Å². The molecule has 1 aliphatic rings. The Balaban J connectivity index is 2.40. The highest BCUT2D eigenvalue weighted by Crippen LogP contribution is 2.23. The summed E-state index contributed by atoms with van der Waals surface area (Å²) in [4.78, 5) is 9.69. The van der Waals surface area contributed by atoms with Crippen molar-refractivity contribution in [3.63, 3.8) is 0 Å². The SMILES string of the molecule is NS(=O)(=O)c1cncnc1N1CCCCC1. The van der Waals surface area contributed by atoms with E-state index in [4.69, 9.17) is 5.14 Å². The second-order valence-electron chi connectivity index (χ2n) is 3.80. The van der Waals surface area contributed by atoms with Gasteiger partial charge in [-0.15, -0.1) is 0 Å². The van der Waals surface area contributed by atoms with E-state index in [0.717, 1.165) is 25.9 Å². The lowest BCUT2D eigenvalue weighted by atomic mass is 10.1. The summed E-state index contributed by atoms with van der Waals surface area (Å²) in [6.45, 7) is 1.64. The average Bonchev–Trinajstić information content (AvgIpc) is 2.29. The minimum atomic E-state index is -3.75. The summed E-state index contributed by atoms with van der Waals surface area (Å²) in [5.41, 5.74) is 0. The van der Waals surface area contributed by atoms with Gasteiger partial charge in [0.15, 0.2) is 5.82 Å². The monoisotopic (exact) mass is 242 g/mol. The van der Waals surface area contributed by atoms with Gasteiger partial charge in [0.1, 0.15) is 11.2 Å². The first kappa shape index (κ1) is 11.3. The normalized spacial score (nSPS) is 17.4. The number of nitrogens with two attached hydrogens (primary N) is 1. The fraction of sp³-hybridized carbons (Fsp3) is 0.556. The van der Waals surface area contributed by atoms with Gasteiger partial charge >= 0.3 is 0 Å². The second-order valence-corrected chi connectivity index (χ2v) is 5.33. The van der Waals surface area contributed by atoms with Crippen LogP contribution in [0.15, 0.2) is 17.4 Å². The van der Waals surface area contributed by atoms with Crippen LogP contribution in [0.1, 0.15) is 19.3 Å². The summed E-state index contributed by atoms with van der Waals surface area (Å²) in [5, 5.41) is 5.13. The lowest BCUT2D eigenvalue weighted by Gasteiger charge is -2.28. The predicted octanol–water partition coefficient (Wildman–Crippen LogP) is 0.114. The van der Waals surface area contributed by atoms with Crippen LogP contribution in [0, 0.1) is 0 Å². The van der Waals surface area contributed by atoms with E-state index in [1.165, 1.54) is 18.9 Å². The Morgan fingerprint density at radius 1 is 1.25 bits per heavy atom. The summed E-state index contributed by atoms with van der Waals surface area (Å²) >= 11 is 0. The van der Waals surface area contributed by atoms with E-state index < -0.39 is 10.0 Å². The summed E-state index contributed by atoms with van der Waals surface area (Å²) < 4.78 is 22.7. The van der Waals surface area contributed by atoms with Gasteiger partial charge in [0, 0.05) is 13.1 Å². The zero-order chi connectivity index (χ0) is 11.6. The molecule has 16 heavy (non-hydrogen) atoms. The molecule has 0 unspecified atom stereocenters. The first-order valence-corrected chi connectivity index (χ1v) is 6.71. The molecule has 2 heterocycles. The van der Waals surface area contributed by atoms with E-state index in [1.807, 2.05) is 4.90 Å². The van der Waals surface area contributed by atoms with Crippen LogP contribution in [0.2, 0.25) is 0 Å².